The van der Waals surface area contributed by atoms with Gasteiger partial charge in [-0.15, -0.1) is 0 Å². The molecule has 74 valence electrons. The topological polar surface area (TPSA) is 38.3 Å². The number of nitrogens with one attached hydrogen (secondary N) is 1. The van der Waals surface area contributed by atoms with Gasteiger partial charge in [0.2, 0.25) is 0 Å². The number of hydrogen-bond acceptors (Lipinski definition) is 3. The van der Waals surface area contributed by atoms with Crippen molar-refractivity contribution < 1.29 is 8.95 Å². The van der Waals surface area contributed by atoms with E-state index in [0.717, 1.165) is 17.9 Å². The summed E-state index contributed by atoms with van der Waals surface area (Å²) in [5, 5.41) is 3.06. The predicted octanol–water partition coefficient (Wildman–Crippen LogP) is 0.379. The van der Waals surface area contributed by atoms with Gasteiger partial charge in [-0.3, -0.25) is 4.21 Å². The Balaban J connectivity index is 3.33. The van der Waals surface area contributed by atoms with Crippen LogP contribution in [0.5, 0.6) is 0 Å². The highest BCUT2D eigenvalue weighted by atomic mass is 32.2. The van der Waals surface area contributed by atoms with Crippen molar-refractivity contribution in [2.45, 2.75) is 19.4 Å². The largest absolute Gasteiger partial charge is 0.385 e. The molecule has 0 aliphatic heterocycles. The molecule has 0 aromatic heterocycles. The van der Waals surface area contributed by atoms with Crippen LogP contribution in [-0.2, 0) is 15.5 Å². The third-order valence-electron chi connectivity index (χ3n) is 1.65. The molecule has 0 bridgehead atoms. The van der Waals surface area contributed by atoms with Crippen LogP contribution in [0.25, 0.3) is 0 Å². The molecule has 0 aromatic carbocycles. The Kier molecular flexibility index (Phi) is 7.75. The van der Waals surface area contributed by atoms with Crippen molar-refractivity contribution in [3.8, 4) is 0 Å². The van der Waals surface area contributed by atoms with Crippen LogP contribution in [0, 0.1) is 0 Å². The zero-order valence-corrected chi connectivity index (χ0v) is 8.95. The third kappa shape index (κ3) is 6.76. The smallest absolute Gasteiger partial charge is 0.0471 e. The highest BCUT2D eigenvalue weighted by Gasteiger charge is 2.04. The Morgan fingerprint density at radius 2 is 2.25 bits per heavy atom. The van der Waals surface area contributed by atoms with Gasteiger partial charge in [-0.2, -0.15) is 0 Å². The van der Waals surface area contributed by atoms with Gasteiger partial charge in [0.05, 0.1) is 0 Å². The van der Waals surface area contributed by atoms with Crippen molar-refractivity contribution in [3.05, 3.63) is 0 Å². The van der Waals surface area contributed by atoms with Crippen LogP contribution in [0.1, 0.15) is 13.3 Å². The molecule has 0 aromatic rings. The summed E-state index contributed by atoms with van der Waals surface area (Å²) in [5.41, 5.74) is 0. The van der Waals surface area contributed by atoms with Gasteiger partial charge in [-0.25, -0.2) is 0 Å². The molecule has 1 N–H and O–H groups in total. The SMILES string of the molecule is CNC(C)CS(=O)CCCOC. The first-order valence-corrected chi connectivity index (χ1v) is 5.70. The number of hydrogen-bond donors (Lipinski definition) is 1. The first-order chi connectivity index (χ1) is 5.70. The van der Waals surface area contributed by atoms with Crippen LogP contribution < -0.4 is 5.32 Å². The van der Waals surface area contributed by atoms with E-state index in [1.807, 2.05) is 14.0 Å². The number of ether oxygens (including phenoxy) is 1. The maximum absolute atomic E-state index is 11.3. The van der Waals surface area contributed by atoms with E-state index >= 15 is 0 Å². The summed E-state index contributed by atoms with van der Waals surface area (Å²) < 4.78 is 16.2. The van der Waals surface area contributed by atoms with Crippen molar-refractivity contribution in [3.63, 3.8) is 0 Å². The maximum atomic E-state index is 11.3. The molecule has 12 heavy (non-hydrogen) atoms. The lowest BCUT2D eigenvalue weighted by Crippen LogP contribution is -2.28. The molecule has 0 fully saturated rings. The van der Waals surface area contributed by atoms with Gasteiger partial charge in [0, 0.05) is 42.1 Å². The molecule has 0 rings (SSSR count). The van der Waals surface area contributed by atoms with Crippen LogP contribution in [0.3, 0.4) is 0 Å². The summed E-state index contributed by atoms with van der Waals surface area (Å²) >= 11 is 0. The van der Waals surface area contributed by atoms with E-state index in [0.29, 0.717) is 12.6 Å². The van der Waals surface area contributed by atoms with Crippen molar-refractivity contribution in [1.29, 1.82) is 0 Å². The van der Waals surface area contributed by atoms with Gasteiger partial charge in [0.1, 0.15) is 0 Å². The van der Waals surface area contributed by atoms with E-state index < -0.39 is 10.8 Å². The molecule has 3 nitrogen and oxygen atoms in total. The maximum Gasteiger partial charge on any atom is 0.0471 e. The van der Waals surface area contributed by atoms with Gasteiger partial charge in [-0.1, -0.05) is 0 Å². The van der Waals surface area contributed by atoms with E-state index in [4.69, 9.17) is 4.74 Å². The summed E-state index contributed by atoms with van der Waals surface area (Å²) in [6.45, 7) is 2.74. The molecule has 0 aliphatic carbocycles. The minimum Gasteiger partial charge on any atom is -0.385 e. The monoisotopic (exact) mass is 193 g/mol. The Bertz CT molecular complexity index is 130. The highest BCUT2D eigenvalue weighted by Crippen LogP contribution is 1.92. The first-order valence-electron chi connectivity index (χ1n) is 4.22. The summed E-state index contributed by atoms with van der Waals surface area (Å²) in [4.78, 5) is 0. The zero-order valence-electron chi connectivity index (χ0n) is 8.13. The Hall–Kier alpha value is 0.0700. The summed E-state index contributed by atoms with van der Waals surface area (Å²) in [7, 11) is 2.86. The van der Waals surface area contributed by atoms with Crippen LogP contribution in [-0.4, -0.2) is 42.5 Å². The van der Waals surface area contributed by atoms with Gasteiger partial charge in [0.25, 0.3) is 0 Å². The fourth-order valence-electron chi connectivity index (χ4n) is 0.810. The van der Waals surface area contributed by atoms with E-state index in [2.05, 4.69) is 5.32 Å². The van der Waals surface area contributed by atoms with E-state index in [-0.39, 0.29) is 0 Å². The zero-order chi connectivity index (χ0) is 9.40. The Labute approximate surface area is 77.3 Å². The summed E-state index contributed by atoms with van der Waals surface area (Å²) in [5.74, 6) is 1.49. The molecule has 2 atom stereocenters. The van der Waals surface area contributed by atoms with Crippen LogP contribution in [0.4, 0.5) is 0 Å². The molecule has 0 spiro atoms. The van der Waals surface area contributed by atoms with Gasteiger partial charge < -0.3 is 10.1 Å². The van der Waals surface area contributed by atoms with Crippen LogP contribution >= 0.6 is 0 Å². The van der Waals surface area contributed by atoms with Crippen molar-refractivity contribution in [2.75, 3.05) is 32.3 Å². The van der Waals surface area contributed by atoms with Crippen LogP contribution in [0.15, 0.2) is 0 Å². The second kappa shape index (κ2) is 7.71. The third-order valence-corrected chi connectivity index (χ3v) is 3.26. The average molecular weight is 193 g/mol. The van der Waals surface area contributed by atoms with Crippen molar-refractivity contribution >= 4 is 10.8 Å². The lowest BCUT2D eigenvalue weighted by molar-refractivity contribution is 0.200. The lowest BCUT2D eigenvalue weighted by atomic mass is 10.4. The Morgan fingerprint density at radius 3 is 2.75 bits per heavy atom. The standard InChI is InChI=1S/C8H19NO2S/c1-8(9-2)7-12(10)6-4-5-11-3/h8-9H,4-7H2,1-3H3. The lowest BCUT2D eigenvalue weighted by Gasteiger charge is -2.08. The predicted molar refractivity (Wildman–Crippen MR) is 52.9 cm³/mol. The molecule has 0 amide bonds. The van der Waals surface area contributed by atoms with Crippen molar-refractivity contribution in [1.82, 2.24) is 5.32 Å². The van der Waals surface area contributed by atoms with Crippen molar-refractivity contribution in [2.24, 2.45) is 0 Å². The molecule has 0 heterocycles. The fourth-order valence-corrected chi connectivity index (χ4v) is 2.14. The number of rotatable bonds is 7. The van der Waals surface area contributed by atoms with Gasteiger partial charge in [0.15, 0.2) is 0 Å². The minimum absolute atomic E-state index is 0.341. The van der Waals surface area contributed by atoms with E-state index in [9.17, 15) is 4.21 Å². The number of methoxy groups -OCH3 is 1. The fraction of sp³-hybridized carbons (Fsp3) is 1.00. The minimum atomic E-state index is -0.694. The normalized spacial score (nSPS) is 15.9. The van der Waals surface area contributed by atoms with E-state index in [1.54, 1.807) is 7.11 Å². The average Bonchev–Trinajstić information content (AvgIpc) is 2.05. The second-order valence-electron chi connectivity index (χ2n) is 2.85. The molecule has 2 unspecified atom stereocenters. The quantitative estimate of drug-likeness (QED) is 0.594. The molecule has 0 aliphatic rings. The van der Waals surface area contributed by atoms with Crippen LogP contribution in [0.2, 0.25) is 0 Å². The highest BCUT2D eigenvalue weighted by molar-refractivity contribution is 7.85. The first kappa shape index (κ1) is 12.1. The molecular formula is C8H19NO2S. The molecule has 0 saturated carbocycles. The second-order valence-corrected chi connectivity index (χ2v) is 4.47. The molecule has 4 heteroatoms. The molecular weight excluding hydrogens is 174 g/mol. The summed E-state index contributed by atoms with van der Waals surface area (Å²) in [6.07, 6.45) is 0.888. The molecule has 0 saturated heterocycles. The van der Waals surface area contributed by atoms with E-state index in [1.165, 1.54) is 0 Å². The van der Waals surface area contributed by atoms with Gasteiger partial charge in [-0.05, 0) is 20.4 Å². The molecule has 0 radical (unpaired) electrons. The summed E-state index contributed by atoms with van der Waals surface area (Å²) in [6, 6.07) is 0.341. The Morgan fingerprint density at radius 1 is 1.58 bits per heavy atom. The van der Waals surface area contributed by atoms with Gasteiger partial charge >= 0.3 is 0 Å².